The largest absolute Gasteiger partial charge is 1.00 e. The van der Waals surface area contributed by atoms with E-state index in [0.29, 0.717) is 24.0 Å². The van der Waals surface area contributed by atoms with Crippen LogP contribution < -0.4 is 122 Å². The molecule has 26 heavy (non-hydrogen) atoms. The third-order valence-electron chi connectivity index (χ3n) is 3.72. The van der Waals surface area contributed by atoms with Gasteiger partial charge in [0.2, 0.25) is 0 Å². The molecule has 0 fully saturated rings. The fraction of sp³-hybridized carbons (Fsp3) is 0.200. The Morgan fingerprint density at radius 1 is 0.769 bits per heavy atom. The van der Waals surface area contributed by atoms with Gasteiger partial charge in [-0.1, -0.05) is 35.8 Å². The van der Waals surface area contributed by atoms with Gasteiger partial charge in [-0.2, -0.15) is 0 Å². The zero-order valence-electron chi connectivity index (χ0n) is 15.9. The van der Waals surface area contributed by atoms with Crippen molar-refractivity contribution in [2.75, 3.05) is 14.2 Å². The Morgan fingerprint density at radius 2 is 1.12 bits per heavy atom. The van der Waals surface area contributed by atoms with Crippen molar-refractivity contribution in [1.29, 1.82) is 0 Å². The molecular weight excluding hydrogens is 382 g/mol. The Morgan fingerprint density at radius 3 is 1.38 bits per heavy atom. The molecule has 126 valence electrons. The number of hydrogen-bond acceptors (Lipinski definition) is 4. The van der Waals surface area contributed by atoms with Crippen LogP contribution in [0.1, 0.15) is 11.1 Å². The summed E-state index contributed by atoms with van der Waals surface area (Å²) in [7, 11) is 2.87. The van der Waals surface area contributed by atoms with Crippen LogP contribution in [0.5, 0.6) is 23.0 Å². The van der Waals surface area contributed by atoms with Crippen molar-refractivity contribution in [3.8, 4) is 34.1 Å². The molecule has 0 aliphatic rings. The second-order valence-corrected chi connectivity index (χ2v) is 5.34. The molecule has 2 aromatic rings. The molecule has 2 aromatic carbocycles. The minimum atomic E-state index is -0.319. The van der Waals surface area contributed by atoms with Crippen LogP contribution in [-0.4, -0.2) is 14.2 Å². The molecule has 0 aliphatic carbocycles. The second kappa shape index (κ2) is 12.8. The van der Waals surface area contributed by atoms with E-state index in [1.165, 1.54) is 14.2 Å². The van der Waals surface area contributed by atoms with Crippen LogP contribution in [0.3, 0.4) is 0 Å². The summed E-state index contributed by atoms with van der Waals surface area (Å²) in [6.07, 6.45) is 4.61. The molecule has 0 aromatic heterocycles. The summed E-state index contributed by atoms with van der Waals surface area (Å²) in [4.78, 5) is 0. The molecule has 0 heterocycles. The minimum Gasteiger partial charge on any atom is -0.870 e. The molecule has 0 atom stereocenters. The average Bonchev–Trinajstić information content (AvgIpc) is 2.58. The summed E-state index contributed by atoms with van der Waals surface area (Å²) < 4.78 is 10.3. The molecular formula is C20H20K2O4. The summed E-state index contributed by atoms with van der Waals surface area (Å²) in [6.45, 7) is 7.42. The van der Waals surface area contributed by atoms with E-state index in [9.17, 15) is 10.2 Å². The van der Waals surface area contributed by atoms with Gasteiger partial charge in [-0.3, -0.25) is 0 Å². The first-order valence-electron chi connectivity index (χ1n) is 7.53. The van der Waals surface area contributed by atoms with E-state index in [0.717, 1.165) is 11.1 Å². The van der Waals surface area contributed by atoms with Crippen molar-refractivity contribution in [2.24, 2.45) is 0 Å². The Kier molecular flexibility index (Phi) is 13.0. The van der Waals surface area contributed by atoms with Crippen molar-refractivity contribution in [2.45, 2.75) is 12.8 Å². The van der Waals surface area contributed by atoms with E-state index in [2.05, 4.69) is 13.2 Å². The van der Waals surface area contributed by atoms with Crippen LogP contribution in [-0.2, 0) is 12.8 Å². The quantitative estimate of drug-likeness (QED) is 0.365. The first-order chi connectivity index (χ1) is 11.5. The van der Waals surface area contributed by atoms with Crippen LogP contribution in [0.4, 0.5) is 0 Å². The zero-order chi connectivity index (χ0) is 17.7. The number of methoxy groups -OCH3 is 2. The number of ether oxygens (including phenoxy) is 2. The topological polar surface area (TPSA) is 64.6 Å². The van der Waals surface area contributed by atoms with Gasteiger partial charge in [0.05, 0.1) is 14.2 Å². The normalized spacial score (nSPS) is 9.46. The van der Waals surface area contributed by atoms with E-state index in [-0.39, 0.29) is 126 Å². The molecule has 0 unspecified atom stereocenters. The van der Waals surface area contributed by atoms with Crippen molar-refractivity contribution in [3.05, 3.63) is 60.7 Å². The molecule has 0 aliphatic heterocycles. The van der Waals surface area contributed by atoms with Crippen LogP contribution in [0.2, 0.25) is 0 Å². The number of benzene rings is 2. The summed E-state index contributed by atoms with van der Waals surface area (Å²) in [5.74, 6) is -0.228. The van der Waals surface area contributed by atoms with Crippen LogP contribution in [0.25, 0.3) is 11.1 Å². The van der Waals surface area contributed by atoms with E-state index >= 15 is 0 Å². The third-order valence-corrected chi connectivity index (χ3v) is 3.72. The van der Waals surface area contributed by atoms with Gasteiger partial charge < -0.3 is 19.7 Å². The fourth-order valence-electron chi connectivity index (χ4n) is 2.59. The number of allylic oxidation sites excluding steroid dienone is 2. The zero-order valence-corrected chi connectivity index (χ0v) is 22.2. The molecule has 0 bridgehead atoms. The SMILES string of the molecule is C=CCc1cc(OC)c([O-])c(-c2cc(CC=C)cc(OC)c2[O-])c1.[K+].[K+]. The second-order valence-electron chi connectivity index (χ2n) is 5.34. The van der Waals surface area contributed by atoms with Crippen LogP contribution in [0.15, 0.2) is 49.6 Å². The standard InChI is InChI=1S/C20H22O4.2K/c1-5-7-13-9-15(19(21)17(11-13)23-3)16-10-14(8-6-2)12-18(24-4)20(16)22;;/h5-6,9-12,21-22H,1-2,7-8H2,3-4H3;;/q;2*+1/p-2. The molecule has 0 amide bonds. The smallest absolute Gasteiger partial charge is 0.870 e. The van der Waals surface area contributed by atoms with Gasteiger partial charge in [-0.25, -0.2) is 0 Å². The Hall–Kier alpha value is 0.393. The van der Waals surface area contributed by atoms with E-state index in [4.69, 9.17) is 9.47 Å². The fourth-order valence-corrected chi connectivity index (χ4v) is 2.59. The monoisotopic (exact) mass is 402 g/mol. The summed E-state index contributed by atoms with van der Waals surface area (Å²) in [5.41, 5.74) is 2.31. The predicted molar refractivity (Wildman–Crippen MR) is 91.7 cm³/mol. The summed E-state index contributed by atoms with van der Waals surface area (Å²) in [6, 6.07) is 6.76. The van der Waals surface area contributed by atoms with Crippen LogP contribution >= 0.6 is 0 Å². The molecule has 0 saturated carbocycles. The Bertz CT molecular complexity index is 707. The molecule has 2 rings (SSSR count). The van der Waals surface area contributed by atoms with Crippen molar-refractivity contribution < 1.29 is 122 Å². The van der Waals surface area contributed by atoms with Crippen molar-refractivity contribution in [3.63, 3.8) is 0 Å². The number of rotatable bonds is 7. The molecule has 0 saturated heterocycles. The van der Waals surface area contributed by atoms with Crippen LogP contribution in [0, 0.1) is 0 Å². The first-order valence-corrected chi connectivity index (χ1v) is 7.53. The maximum atomic E-state index is 12.6. The van der Waals surface area contributed by atoms with Gasteiger partial charge in [0, 0.05) is 0 Å². The average molecular weight is 403 g/mol. The molecule has 0 N–H and O–H groups in total. The van der Waals surface area contributed by atoms with Crippen molar-refractivity contribution >= 4 is 0 Å². The minimum absolute atomic E-state index is 0. The summed E-state index contributed by atoms with van der Waals surface area (Å²) in [5, 5.41) is 25.3. The Labute approximate surface area is 240 Å². The molecule has 0 radical (unpaired) electrons. The van der Waals surface area contributed by atoms with E-state index in [1.54, 1.807) is 36.4 Å². The van der Waals surface area contributed by atoms with E-state index in [1.807, 2.05) is 0 Å². The maximum Gasteiger partial charge on any atom is 1.00 e. The first kappa shape index (κ1) is 26.4. The molecule has 4 nitrogen and oxygen atoms in total. The maximum absolute atomic E-state index is 12.6. The van der Waals surface area contributed by atoms with Gasteiger partial charge in [-0.05, 0) is 47.2 Å². The van der Waals surface area contributed by atoms with Gasteiger partial charge in [0.15, 0.2) is 0 Å². The van der Waals surface area contributed by atoms with Gasteiger partial charge >= 0.3 is 103 Å². The summed E-state index contributed by atoms with van der Waals surface area (Å²) >= 11 is 0. The Balaban J connectivity index is 0.00000312. The molecule has 6 heteroatoms. The van der Waals surface area contributed by atoms with Gasteiger partial charge in [-0.15, -0.1) is 13.2 Å². The molecule has 0 spiro atoms. The van der Waals surface area contributed by atoms with Gasteiger partial charge in [0.25, 0.3) is 0 Å². The van der Waals surface area contributed by atoms with E-state index < -0.39 is 0 Å². The van der Waals surface area contributed by atoms with Crippen molar-refractivity contribution in [1.82, 2.24) is 0 Å². The number of hydrogen-bond donors (Lipinski definition) is 0. The van der Waals surface area contributed by atoms with Gasteiger partial charge in [0.1, 0.15) is 11.5 Å². The predicted octanol–water partition coefficient (Wildman–Crippen LogP) is -3.02. The third kappa shape index (κ3) is 6.20.